The normalized spacial score (nSPS) is 16.7. The van der Waals surface area contributed by atoms with Gasteiger partial charge in [0.05, 0.1) is 5.69 Å². The van der Waals surface area contributed by atoms with Gasteiger partial charge < -0.3 is 10.2 Å². The number of nitrogens with one attached hydrogen (secondary N) is 1. The van der Waals surface area contributed by atoms with Crippen LogP contribution in [0.3, 0.4) is 0 Å². The highest BCUT2D eigenvalue weighted by Gasteiger charge is 2.25. The van der Waals surface area contributed by atoms with Crippen LogP contribution in [0.4, 0.5) is 10.2 Å². The Kier molecular flexibility index (Phi) is 4.63. The number of aryl methyl sites for hydroxylation is 2. The number of hydrogen-bond donors (Lipinski definition) is 1. The molecule has 1 atom stereocenters. The molecule has 2 aromatic rings. The van der Waals surface area contributed by atoms with E-state index in [-0.39, 0.29) is 11.9 Å². The van der Waals surface area contributed by atoms with E-state index in [0.717, 1.165) is 36.5 Å². The standard InChI is InChI=1S/C19H27FN4/c1-12(2)18-16(19(23(3)4)24(5)22-18)11-21-17-9-6-13-10-14(20)7-8-15(13)17/h7-8,10,12,17,21H,6,9,11H2,1-5H3/t17-/m1/s1. The van der Waals surface area contributed by atoms with Crippen molar-refractivity contribution >= 4 is 5.82 Å². The fourth-order valence-corrected chi connectivity index (χ4v) is 3.80. The van der Waals surface area contributed by atoms with Crippen LogP contribution >= 0.6 is 0 Å². The van der Waals surface area contributed by atoms with E-state index in [9.17, 15) is 4.39 Å². The van der Waals surface area contributed by atoms with Crippen molar-refractivity contribution in [3.8, 4) is 0 Å². The zero-order valence-corrected chi connectivity index (χ0v) is 15.2. The molecule has 24 heavy (non-hydrogen) atoms. The molecule has 0 saturated heterocycles. The minimum absolute atomic E-state index is 0.140. The fraction of sp³-hybridized carbons (Fsp3) is 0.526. The summed E-state index contributed by atoms with van der Waals surface area (Å²) in [5.41, 5.74) is 4.77. The predicted octanol–water partition coefficient (Wildman–Crippen LogP) is 3.53. The summed E-state index contributed by atoms with van der Waals surface area (Å²) in [6.45, 7) is 5.13. The molecule has 0 saturated carbocycles. The molecule has 1 aromatic carbocycles. The minimum atomic E-state index is -0.140. The Bertz CT molecular complexity index is 733. The molecule has 0 amide bonds. The van der Waals surface area contributed by atoms with Crippen LogP contribution in [0.2, 0.25) is 0 Å². The van der Waals surface area contributed by atoms with Gasteiger partial charge in [-0.3, -0.25) is 4.68 Å². The van der Waals surface area contributed by atoms with Gasteiger partial charge in [-0.25, -0.2) is 4.39 Å². The molecule has 1 aliphatic carbocycles. The third-order valence-electron chi connectivity index (χ3n) is 4.82. The van der Waals surface area contributed by atoms with Gasteiger partial charge in [-0.15, -0.1) is 0 Å². The van der Waals surface area contributed by atoms with Crippen LogP contribution in [0.25, 0.3) is 0 Å². The SMILES string of the molecule is CC(C)c1nn(C)c(N(C)C)c1CN[C@@H]1CCc2cc(F)ccc21. The molecule has 0 radical (unpaired) electrons. The lowest BCUT2D eigenvalue weighted by Crippen LogP contribution is -2.22. The molecule has 0 unspecified atom stereocenters. The zero-order valence-electron chi connectivity index (χ0n) is 15.2. The molecule has 0 fully saturated rings. The van der Waals surface area contributed by atoms with Crippen molar-refractivity contribution in [1.82, 2.24) is 15.1 Å². The summed E-state index contributed by atoms with van der Waals surface area (Å²) < 4.78 is 15.4. The molecule has 1 aromatic heterocycles. The number of halogens is 1. The fourth-order valence-electron chi connectivity index (χ4n) is 3.80. The van der Waals surface area contributed by atoms with Crippen molar-refractivity contribution in [2.45, 2.75) is 45.2 Å². The summed E-state index contributed by atoms with van der Waals surface area (Å²) in [5, 5.41) is 8.39. The molecule has 4 nitrogen and oxygen atoms in total. The van der Waals surface area contributed by atoms with Gasteiger partial charge in [0.25, 0.3) is 0 Å². The molecule has 1 N–H and O–H groups in total. The quantitative estimate of drug-likeness (QED) is 0.910. The predicted molar refractivity (Wildman–Crippen MR) is 95.9 cm³/mol. The van der Waals surface area contributed by atoms with Gasteiger partial charge in [0, 0.05) is 39.3 Å². The second kappa shape index (κ2) is 6.55. The lowest BCUT2D eigenvalue weighted by atomic mass is 10.0. The van der Waals surface area contributed by atoms with Crippen LogP contribution in [0.1, 0.15) is 54.6 Å². The van der Waals surface area contributed by atoms with Gasteiger partial charge in [-0.05, 0) is 42.0 Å². The number of benzene rings is 1. The summed E-state index contributed by atoms with van der Waals surface area (Å²) in [4.78, 5) is 2.12. The second-order valence-electron chi connectivity index (χ2n) is 7.18. The first kappa shape index (κ1) is 17.0. The van der Waals surface area contributed by atoms with E-state index in [1.165, 1.54) is 11.1 Å². The maximum atomic E-state index is 13.4. The van der Waals surface area contributed by atoms with Gasteiger partial charge in [-0.1, -0.05) is 19.9 Å². The van der Waals surface area contributed by atoms with E-state index >= 15 is 0 Å². The van der Waals surface area contributed by atoms with Crippen LogP contribution < -0.4 is 10.2 Å². The maximum absolute atomic E-state index is 13.4. The van der Waals surface area contributed by atoms with Crippen molar-refractivity contribution in [1.29, 1.82) is 0 Å². The number of anilines is 1. The summed E-state index contributed by atoms with van der Waals surface area (Å²) in [5.74, 6) is 1.38. The first-order valence-corrected chi connectivity index (χ1v) is 8.63. The minimum Gasteiger partial charge on any atom is -0.363 e. The molecular formula is C19H27FN4. The second-order valence-corrected chi connectivity index (χ2v) is 7.18. The number of aromatic nitrogens is 2. The zero-order chi connectivity index (χ0) is 17.4. The highest BCUT2D eigenvalue weighted by atomic mass is 19.1. The first-order valence-electron chi connectivity index (χ1n) is 8.63. The first-order chi connectivity index (χ1) is 11.4. The lowest BCUT2D eigenvalue weighted by molar-refractivity contribution is 0.527. The molecule has 1 aliphatic rings. The Morgan fingerprint density at radius 1 is 1.38 bits per heavy atom. The van der Waals surface area contributed by atoms with E-state index in [0.29, 0.717) is 5.92 Å². The van der Waals surface area contributed by atoms with Gasteiger partial charge in [0.15, 0.2) is 0 Å². The van der Waals surface area contributed by atoms with Gasteiger partial charge in [0.2, 0.25) is 0 Å². The van der Waals surface area contributed by atoms with E-state index < -0.39 is 0 Å². The average Bonchev–Trinajstić information content (AvgIpc) is 3.05. The van der Waals surface area contributed by atoms with Crippen molar-refractivity contribution < 1.29 is 4.39 Å². The van der Waals surface area contributed by atoms with Crippen LogP contribution in [0.5, 0.6) is 0 Å². The summed E-state index contributed by atoms with van der Waals surface area (Å²) in [7, 11) is 6.11. The van der Waals surface area contributed by atoms with Gasteiger partial charge >= 0.3 is 0 Å². The number of nitrogens with zero attached hydrogens (tertiary/aromatic N) is 3. The molecule has 130 valence electrons. The highest BCUT2D eigenvalue weighted by Crippen LogP contribution is 2.33. The summed E-state index contributed by atoms with van der Waals surface area (Å²) in [6, 6.07) is 5.45. The Hall–Kier alpha value is -1.88. The molecule has 0 bridgehead atoms. The maximum Gasteiger partial charge on any atom is 0.130 e. The Morgan fingerprint density at radius 2 is 2.12 bits per heavy atom. The van der Waals surface area contributed by atoms with Crippen molar-refractivity contribution in [2.75, 3.05) is 19.0 Å². The molecule has 0 spiro atoms. The van der Waals surface area contributed by atoms with E-state index in [2.05, 4.69) is 38.2 Å². The topological polar surface area (TPSA) is 33.1 Å². The largest absolute Gasteiger partial charge is 0.363 e. The Balaban J connectivity index is 1.83. The monoisotopic (exact) mass is 330 g/mol. The van der Waals surface area contributed by atoms with Crippen LogP contribution in [0, 0.1) is 5.82 Å². The van der Waals surface area contributed by atoms with Crippen LogP contribution in [-0.4, -0.2) is 23.9 Å². The smallest absolute Gasteiger partial charge is 0.130 e. The summed E-state index contributed by atoms with van der Waals surface area (Å²) >= 11 is 0. The van der Waals surface area contributed by atoms with E-state index in [1.54, 1.807) is 12.1 Å². The van der Waals surface area contributed by atoms with E-state index in [4.69, 9.17) is 5.10 Å². The molecule has 5 heteroatoms. The molecule has 3 rings (SSSR count). The third-order valence-corrected chi connectivity index (χ3v) is 4.82. The average molecular weight is 330 g/mol. The molecule has 1 heterocycles. The number of rotatable bonds is 5. The molecular weight excluding hydrogens is 303 g/mol. The highest BCUT2D eigenvalue weighted by molar-refractivity contribution is 5.50. The molecule has 0 aliphatic heterocycles. The van der Waals surface area contributed by atoms with Gasteiger partial charge in [-0.2, -0.15) is 5.10 Å². The third kappa shape index (κ3) is 3.05. The summed E-state index contributed by atoms with van der Waals surface area (Å²) in [6.07, 6.45) is 1.96. The van der Waals surface area contributed by atoms with Crippen LogP contribution in [0.15, 0.2) is 18.2 Å². The number of hydrogen-bond acceptors (Lipinski definition) is 3. The van der Waals surface area contributed by atoms with E-state index in [1.807, 2.05) is 17.8 Å². The van der Waals surface area contributed by atoms with Crippen molar-refractivity contribution in [2.24, 2.45) is 7.05 Å². The lowest BCUT2D eigenvalue weighted by Gasteiger charge is -2.19. The van der Waals surface area contributed by atoms with Gasteiger partial charge in [0.1, 0.15) is 11.6 Å². The van der Waals surface area contributed by atoms with Crippen LogP contribution in [-0.2, 0) is 20.0 Å². The Morgan fingerprint density at radius 3 is 2.79 bits per heavy atom. The Labute approximate surface area is 143 Å². The number of fused-ring (bicyclic) bond motifs is 1. The van der Waals surface area contributed by atoms with Crippen molar-refractivity contribution in [3.63, 3.8) is 0 Å². The van der Waals surface area contributed by atoms with Crippen molar-refractivity contribution in [3.05, 3.63) is 46.4 Å².